The molecule has 0 saturated carbocycles. The summed E-state index contributed by atoms with van der Waals surface area (Å²) in [5, 5.41) is 2.54. The molecule has 3 heteroatoms. The Hall–Kier alpha value is -2.65. The maximum absolute atomic E-state index is 4.69. The molecule has 0 aliphatic carbocycles. The molecule has 0 aliphatic rings. The normalized spacial score (nSPS) is 11.8. The van der Waals surface area contributed by atoms with Crippen LogP contribution in [0.15, 0.2) is 48.7 Å². The second-order valence-corrected chi connectivity index (χ2v) is 8.41. The minimum atomic E-state index is 0.983. The average molecular weight is 386 g/mol. The van der Waals surface area contributed by atoms with Crippen molar-refractivity contribution in [2.75, 3.05) is 20.6 Å². The first-order valence-electron chi connectivity index (χ1n) is 10.7. The third-order valence-electron chi connectivity index (χ3n) is 5.66. The van der Waals surface area contributed by atoms with Gasteiger partial charge in [-0.1, -0.05) is 49.7 Å². The molecule has 0 unspecified atom stereocenters. The van der Waals surface area contributed by atoms with Crippen LogP contribution in [-0.2, 0) is 12.8 Å². The highest BCUT2D eigenvalue weighted by Gasteiger charge is 2.15. The van der Waals surface area contributed by atoms with Gasteiger partial charge in [-0.2, -0.15) is 0 Å². The van der Waals surface area contributed by atoms with Gasteiger partial charge in [-0.15, -0.1) is 0 Å². The monoisotopic (exact) mass is 385 g/mol. The van der Waals surface area contributed by atoms with Gasteiger partial charge in [0.05, 0.1) is 5.52 Å². The standard InChI is InChI=1S/C26H31N3/c1-5-8-19-9-6-10-21(16-19)22-13-12-20(11-7-14-29(3)4)25-24(22)23-15-18(2)17-27-26(23)28-25/h6,9-10,12-13,15-17H,5,7-8,11,14H2,1-4H3,(H,27,28). The fraction of sp³-hybridized carbons (Fsp3) is 0.346. The second kappa shape index (κ2) is 8.38. The van der Waals surface area contributed by atoms with Crippen LogP contribution in [-0.4, -0.2) is 35.5 Å². The summed E-state index contributed by atoms with van der Waals surface area (Å²) in [5.74, 6) is 0. The highest BCUT2D eigenvalue weighted by atomic mass is 15.0. The molecule has 1 N–H and O–H groups in total. The summed E-state index contributed by atoms with van der Waals surface area (Å²) >= 11 is 0. The minimum absolute atomic E-state index is 0.983. The molecule has 0 aliphatic heterocycles. The van der Waals surface area contributed by atoms with Crippen LogP contribution in [0.1, 0.15) is 36.5 Å². The van der Waals surface area contributed by atoms with Crippen molar-refractivity contribution >= 4 is 21.9 Å². The number of aryl methyl sites for hydroxylation is 3. The molecule has 0 radical (unpaired) electrons. The molecule has 0 saturated heterocycles. The molecule has 3 nitrogen and oxygen atoms in total. The third kappa shape index (κ3) is 4.06. The summed E-state index contributed by atoms with van der Waals surface area (Å²) in [7, 11) is 4.27. The summed E-state index contributed by atoms with van der Waals surface area (Å²) in [6.45, 7) is 5.45. The van der Waals surface area contributed by atoms with Gasteiger partial charge in [-0.05, 0) is 80.7 Å². The molecule has 0 amide bonds. The highest BCUT2D eigenvalue weighted by Crippen LogP contribution is 2.37. The number of aromatic amines is 1. The van der Waals surface area contributed by atoms with E-state index in [0.29, 0.717) is 0 Å². The zero-order valence-electron chi connectivity index (χ0n) is 18.0. The van der Waals surface area contributed by atoms with E-state index < -0.39 is 0 Å². The van der Waals surface area contributed by atoms with Crippen molar-refractivity contribution in [3.8, 4) is 11.1 Å². The van der Waals surface area contributed by atoms with Crippen LogP contribution < -0.4 is 0 Å². The molecule has 2 heterocycles. The Labute approximate surface area is 173 Å². The van der Waals surface area contributed by atoms with Gasteiger partial charge in [0.1, 0.15) is 5.65 Å². The molecule has 0 atom stereocenters. The van der Waals surface area contributed by atoms with Crippen LogP contribution >= 0.6 is 0 Å². The van der Waals surface area contributed by atoms with E-state index in [1.54, 1.807) is 0 Å². The number of H-pyrrole nitrogens is 1. The van der Waals surface area contributed by atoms with Gasteiger partial charge in [-0.3, -0.25) is 0 Å². The molecule has 2 aromatic heterocycles. The number of benzene rings is 2. The van der Waals surface area contributed by atoms with Gasteiger partial charge in [-0.25, -0.2) is 4.98 Å². The van der Waals surface area contributed by atoms with Crippen LogP contribution in [0.2, 0.25) is 0 Å². The molecule has 29 heavy (non-hydrogen) atoms. The summed E-state index contributed by atoms with van der Waals surface area (Å²) in [6, 6.07) is 15.9. The van der Waals surface area contributed by atoms with Crippen LogP contribution in [0, 0.1) is 6.92 Å². The number of aromatic nitrogens is 2. The smallest absolute Gasteiger partial charge is 0.138 e. The number of hydrogen-bond donors (Lipinski definition) is 1. The zero-order chi connectivity index (χ0) is 20.4. The van der Waals surface area contributed by atoms with Crippen LogP contribution in [0.4, 0.5) is 0 Å². The van der Waals surface area contributed by atoms with Crippen molar-refractivity contribution in [1.82, 2.24) is 14.9 Å². The zero-order valence-corrected chi connectivity index (χ0v) is 18.0. The lowest BCUT2D eigenvalue weighted by molar-refractivity contribution is 0.400. The third-order valence-corrected chi connectivity index (χ3v) is 5.66. The van der Waals surface area contributed by atoms with Gasteiger partial charge < -0.3 is 9.88 Å². The maximum Gasteiger partial charge on any atom is 0.138 e. The lowest BCUT2D eigenvalue weighted by Gasteiger charge is -2.12. The van der Waals surface area contributed by atoms with Crippen molar-refractivity contribution in [2.24, 2.45) is 0 Å². The van der Waals surface area contributed by atoms with Crippen LogP contribution in [0.3, 0.4) is 0 Å². The van der Waals surface area contributed by atoms with Crippen molar-refractivity contribution in [2.45, 2.75) is 39.5 Å². The molecule has 0 fully saturated rings. The number of fused-ring (bicyclic) bond motifs is 3. The second-order valence-electron chi connectivity index (χ2n) is 8.41. The molecule has 4 aromatic rings. The van der Waals surface area contributed by atoms with E-state index in [-0.39, 0.29) is 0 Å². The van der Waals surface area contributed by atoms with Gasteiger partial charge >= 0.3 is 0 Å². The number of nitrogens with zero attached hydrogens (tertiary/aromatic N) is 2. The number of rotatable bonds is 7. The minimum Gasteiger partial charge on any atom is -0.339 e. The van der Waals surface area contributed by atoms with Crippen molar-refractivity contribution in [1.29, 1.82) is 0 Å². The summed E-state index contributed by atoms with van der Waals surface area (Å²) in [6.07, 6.45) is 6.45. The molecule has 2 aromatic carbocycles. The van der Waals surface area contributed by atoms with Crippen LogP contribution in [0.25, 0.3) is 33.1 Å². The highest BCUT2D eigenvalue weighted by molar-refractivity contribution is 6.14. The van der Waals surface area contributed by atoms with Crippen molar-refractivity contribution in [3.63, 3.8) is 0 Å². The lowest BCUT2D eigenvalue weighted by Crippen LogP contribution is -2.13. The van der Waals surface area contributed by atoms with Crippen molar-refractivity contribution in [3.05, 3.63) is 65.4 Å². The molecule has 150 valence electrons. The number of nitrogens with one attached hydrogen (secondary N) is 1. The molecule has 4 rings (SSSR count). The number of pyridine rings is 1. The Morgan fingerprint density at radius 1 is 1.03 bits per heavy atom. The Morgan fingerprint density at radius 3 is 2.69 bits per heavy atom. The van der Waals surface area contributed by atoms with E-state index >= 15 is 0 Å². The molecular weight excluding hydrogens is 354 g/mol. The molecule has 0 spiro atoms. The van der Waals surface area contributed by atoms with E-state index in [4.69, 9.17) is 0 Å². The Morgan fingerprint density at radius 2 is 1.90 bits per heavy atom. The predicted molar refractivity (Wildman–Crippen MR) is 125 cm³/mol. The fourth-order valence-corrected chi connectivity index (χ4v) is 4.26. The fourth-order valence-electron chi connectivity index (χ4n) is 4.26. The van der Waals surface area contributed by atoms with Gasteiger partial charge in [0.2, 0.25) is 0 Å². The van der Waals surface area contributed by atoms with E-state index in [1.165, 1.54) is 50.5 Å². The van der Waals surface area contributed by atoms with E-state index in [0.717, 1.165) is 31.5 Å². The summed E-state index contributed by atoms with van der Waals surface area (Å²) in [4.78, 5) is 10.6. The van der Waals surface area contributed by atoms with Crippen molar-refractivity contribution < 1.29 is 0 Å². The first-order chi connectivity index (χ1) is 14.1. The van der Waals surface area contributed by atoms with Gasteiger partial charge in [0.25, 0.3) is 0 Å². The lowest BCUT2D eigenvalue weighted by atomic mass is 9.94. The van der Waals surface area contributed by atoms with E-state index in [2.05, 4.69) is 85.3 Å². The molecular formula is C26H31N3. The predicted octanol–water partition coefficient (Wildman–Crippen LogP) is 6.14. The van der Waals surface area contributed by atoms with Gasteiger partial charge in [0.15, 0.2) is 0 Å². The summed E-state index contributed by atoms with van der Waals surface area (Å²) in [5.41, 5.74) is 8.80. The average Bonchev–Trinajstić information content (AvgIpc) is 3.07. The Balaban J connectivity index is 1.90. The number of hydrogen-bond acceptors (Lipinski definition) is 2. The topological polar surface area (TPSA) is 31.9 Å². The quantitative estimate of drug-likeness (QED) is 0.414. The summed E-state index contributed by atoms with van der Waals surface area (Å²) < 4.78 is 0. The maximum atomic E-state index is 4.69. The molecule has 0 bridgehead atoms. The van der Waals surface area contributed by atoms with Crippen LogP contribution in [0.5, 0.6) is 0 Å². The van der Waals surface area contributed by atoms with E-state index in [9.17, 15) is 0 Å². The Bertz CT molecular complexity index is 1140. The first kappa shape index (κ1) is 19.7. The van der Waals surface area contributed by atoms with E-state index in [1.807, 2.05) is 6.20 Å². The first-order valence-corrected chi connectivity index (χ1v) is 10.7. The largest absolute Gasteiger partial charge is 0.339 e. The van der Waals surface area contributed by atoms with Gasteiger partial charge in [0, 0.05) is 17.0 Å². The Kier molecular flexibility index (Phi) is 5.68. The SMILES string of the molecule is CCCc1cccc(-c2ccc(CCCN(C)C)c3[nH]c4ncc(C)cc4c23)c1.